The molecular weight excluding hydrogens is 380 g/mol. The van der Waals surface area contributed by atoms with Gasteiger partial charge in [0.2, 0.25) is 0 Å². The first-order valence-corrected chi connectivity index (χ1v) is 9.24. The summed E-state index contributed by atoms with van der Waals surface area (Å²) in [7, 11) is 0. The van der Waals surface area contributed by atoms with E-state index in [9.17, 15) is 9.90 Å². The molecule has 0 saturated heterocycles. The number of aryl methyl sites for hydroxylation is 2. The molecule has 0 aliphatic carbocycles. The standard InChI is InChI=1S/C19H19ClN6O2/c1-11-7-15(22-18(21-11)13-3-5-14(20)6-4-13)8-25-10-17-24-23-12(2)26(17)9-16(25)19(27)28/h3-7,16H,8-10H2,1-2H3,(H,27,28). The van der Waals surface area contributed by atoms with Crippen LogP contribution in [0.15, 0.2) is 30.3 Å². The Labute approximate surface area is 166 Å². The number of carboxylic acid groups (broad SMARTS) is 1. The smallest absolute Gasteiger partial charge is 0.322 e. The summed E-state index contributed by atoms with van der Waals surface area (Å²) in [4.78, 5) is 22.9. The molecule has 0 spiro atoms. The molecule has 0 bridgehead atoms. The van der Waals surface area contributed by atoms with Gasteiger partial charge in [-0.05, 0) is 44.2 Å². The number of aliphatic carboxylic acids is 1. The van der Waals surface area contributed by atoms with Crippen molar-refractivity contribution in [3.63, 3.8) is 0 Å². The van der Waals surface area contributed by atoms with E-state index in [-0.39, 0.29) is 0 Å². The highest BCUT2D eigenvalue weighted by molar-refractivity contribution is 6.30. The molecule has 1 unspecified atom stereocenters. The fourth-order valence-electron chi connectivity index (χ4n) is 3.41. The van der Waals surface area contributed by atoms with Gasteiger partial charge < -0.3 is 9.67 Å². The molecule has 1 aliphatic rings. The number of hydrogen-bond acceptors (Lipinski definition) is 6. The van der Waals surface area contributed by atoms with Gasteiger partial charge in [-0.3, -0.25) is 9.69 Å². The summed E-state index contributed by atoms with van der Waals surface area (Å²) in [5.74, 6) is 1.21. The van der Waals surface area contributed by atoms with Crippen LogP contribution < -0.4 is 0 Å². The van der Waals surface area contributed by atoms with Gasteiger partial charge in [-0.25, -0.2) is 9.97 Å². The molecule has 0 amide bonds. The number of hydrogen-bond donors (Lipinski definition) is 1. The molecule has 1 aromatic carbocycles. The van der Waals surface area contributed by atoms with Crippen molar-refractivity contribution in [1.82, 2.24) is 29.6 Å². The van der Waals surface area contributed by atoms with Crippen molar-refractivity contribution >= 4 is 17.6 Å². The van der Waals surface area contributed by atoms with E-state index in [1.165, 1.54) is 0 Å². The van der Waals surface area contributed by atoms with Crippen LogP contribution in [0.1, 0.15) is 23.0 Å². The molecule has 1 N–H and O–H groups in total. The Kier molecular flexibility index (Phi) is 4.82. The Balaban J connectivity index is 1.64. The first kappa shape index (κ1) is 18.5. The average Bonchev–Trinajstić information content (AvgIpc) is 3.01. The maximum Gasteiger partial charge on any atom is 0.322 e. The topological polar surface area (TPSA) is 97.0 Å². The molecule has 28 heavy (non-hydrogen) atoms. The molecule has 0 fully saturated rings. The summed E-state index contributed by atoms with van der Waals surface area (Å²) in [6.45, 7) is 4.83. The van der Waals surface area contributed by atoms with Crippen LogP contribution in [0.25, 0.3) is 11.4 Å². The van der Waals surface area contributed by atoms with Crippen LogP contribution in [-0.2, 0) is 24.4 Å². The Morgan fingerprint density at radius 1 is 1.21 bits per heavy atom. The highest BCUT2D eigenvalue weighted by atomic mass is 35.5. The van der Waals surface area contributed by atoms with Gasteiger partial charge in [0.25, 0.3) is 0 Å². The van der Waals surface area contributed by atoms with Crippen LogP contribution >= 0.6 is 11.6 Å². The predicted octanol–water partition coefficient (Wildman–Crippen LogP) is 2.47. The quantitative estimate of drug-likeness (QED) is 0.720. The van der Waals surface area contributed by atoms with E-state index < -0.39 is 12.0 Å². The molecule has 1 atom stereocenters. The van der Waals surface area contributed by atoms with Crippen LogP contribution in [0, 0.1) is 13.8 Å². The lowest BCUT2D eigenvalue weighted by Crippen LogP contribution is -2.47. The number of carbonyl (C=O) groups is 1. The van der Waals surface area contributed by atoms with Gasteiger partial charge in [0.15, 0.2) is 5.82 Å². The van der Waals surface area contributed by atoms with E-state index in [0.717, 1.165) is 28.6 Å². The number of carboxylic acids is 1. The van der Waals surface area contributed by atoms with E-state index in [4.69, 9.17) is 11.6 Å². The van der Waals surface area contributed by atoms with Crippen molar-refractivity contribution < 1.29 is 9.90 Å². The third kappa shape index (κ3) is 3.61. The van der Waals surface area contributed by atoms with Gasteiger partial charge >= 0.3 is 5.97 Å². The molecule has 3 heterocycles. The van der Waals surface area contributed by atoms with Crippen molar-refractivity contribution in [2.24, 2.45) is 0 Å². The van der Waals surface area contributed by atoms with E-state index in [1.807, 2.05) is 41.5 Å². The zero-order valence-corrected chi connectivity index (χ0v) is 16.3. The molecule has 0 saturated carbocycles. The SMILES string of the molecule is Cc1cc(CN2Cc3nnc(C)n3CC2C(=O)O)nc(-c2ccc(Cl)cc2)n1. The lowest BCUT2D eigenvalue weighted by atomic mass is 10.1. The first-order valence-electron chi connectivity index (χ1n) is 8.87. The van der Waals surface area contributed by atoms with Crippen molar-refractivity contribution in [2.45, 2.75) is 39.5 Å². The van der Waals surface area contributed by atoms with Crippen LogP contribution in [-0.4, -0.2) is 46.8 Å². The van der Waals surface area contributed by atoms with Crippen LogP contribution in [0.3, 0.4) is 0 Å². The number of halogens is 1. The van der Waals surface area contributed by atoms with E-state index in [1.54, 1.807) is 12.1 Å². The van der Waals surface area contributed by atoms with Crippen LogP contribution in [0.4, 0.5) is 0 Å². The number of fused-ring (bicyclic) bond motifs is 1. The predicted molar refractivity (Wildman–Crippen MR) is 103 cm³/mol. The second-order valence-electron chi connectivity index (χ2n) is 6.86. The van der Waals surface area contributed by atoms with Gasteiger partial charge in [0.05, 0.1) is 18.8 Å². The van der Waals surface area contributed by atoms with Gasteiger partial charge in [0, 0.05) is 22.8 Å². The van der Waals surface area contributed by atoms with Crippen molar-refractivity contribution in [2.75, 3.05) is 0 Å². The third-order valence-electron chi connectivity index (χ3n) is 4.81. The minimum Gasteiger partial charge on any atom is -0.480 e. The highest BCUT2D eigenvalue weighted by Crippen LogP contribution is 2.22. The van der Waals surface area contributed by atoms with Gasteiger partial charge in [-0.2, -0.15) is 0 Å². The lowest BCUT2D eigenvalue weighted by molar-refractivity contribution is -0.145. The number of nitrogens with zero attached hydrogens (tertiary/aromatic N) is 6. The van der Waals surface area contributed by atoms with Crippen molar-refractivity contribution in [3.8, 4) is 11.4 Å². The number of benzene rings is 1. The van der Waals surface area contributed by atoms with Crippen molar-refractivity contribution in [3.05, 3.63) is 58.4 Å². The Bertz CT molecular complexity index is 1030. The summed E-state index contributed by atoms with van der Waals surface area (Å²) in [6.07, 6.45) is 0. The Morgan fingerprint density at radius 2 is 1.96 bits per heavy atom. The maximum atomic E-state index is 11.8. The fraction of sp³-hybridized carbons (Fsp3) is 0.316. The number of rotatable bonds is 4. The maximum absolute atomic E-state index is 11.8. The molecular formula is C19H19ClN6O2. The highest BCUT2D eigenvalue weighted by Gasteiger charge is 2.33. The van der Waals surface area contributed by atoms with E-state index in [0.29, 0.717) is 30.5 Å². The first-order chi connectivity index (χ1) is 13.4. The normalized spacial score (nSPS) is 16.8. The Morgan fingerprint density at radius 3 is 2.68 bits per heavy atom. The minimum atomic E-state index is -0.873. The van der Waals surface area contributed by atoms with Gasteiger partial charge in [-0.1, -0.05) is 11.6 Å². The molecule has 1 aliphatic heterocycles. The molecule has 3 aromatic rings. The largest absolute Gasteiger partial charge is 0.480 e. The molecule has 0 radical (unpaired) electrons. The number of aromatic nitrogens is 5. The fourth-order valence-corrected chi connectivity index (χ4v) is 3.54. The second kappa shape index (κ2) is 7.29. The zero-order valence-electron chi connectivity index (χ0n) is 15.5. The van der Waals surface area contributed by atoms with Crippen LogP contribution in [0.2, 0.25) is 5.02 Å². The van der Waals surface area contributed by atoms with Gasteiger partial charge in [-0.15, -0.1) is 10.2 Å². The minimum absolute atomic E-state index is 0.317. The monoisotopic (exact) mass is 398 g/mol. The molecule has 4 rings (SSSR count). The van der Waals surface area contributed by atoms with Gasteiger partial charge in [0.1, 0.15) is 17.7 Å². The van der Waals surface area contributed by atoms with Crippen molar-refractivity contribution in [1.29, 1.82) is 0 Å². The Hall–Kier alpha value is -2.84. The average molecular weight is 399 g/mol. The third-order valence-corrected chi connectivity index (χ3v) is 5.06. The molecule has 144 valence electrons. The lowest BCUT2D eigenvalue weighted by Gasteiger charge is -2.33. The summed E-state index contributed by atoms with van der Waals surface area (Å²) in [6, 6.07) is 8.53. The summed E-state index contributed by atoms with van der Waals surface area (Å²) >= 11 is 5.96. The molecule has 9 heteroatoms. The summed E-state index contributed by atoms with van der Waals surface area (Å²) < 4.78 is 1.86. The van der Waals surface area contributed by atoms with E-state index in [2.05, 4.69) is 20.2 Å². The second-order valence-corrected chi connectivity index (χ2v) is 7.30. The van der Waals surface area contributed by atoms with Crippen LogP contribution in [0.5, 0.6) is 0 Å². The summed E-state index contributed by atoms with van der Waals surface area (Å²) in [5.41, 5.74) is 2.43. The zero-order chi connectivity index (χ0) is 19.8. The summed E-state index contributed by atoms with van der Waals surface area (Å²) in [5, 5.41) is 18.6. The van der Waals surface area contributed by atoms with E-state index >= 15 is 0 Å². The molecule has 2 aromatic heterocycles. The molecule has 8 nitrogen and oxygen atoms in total.